The molecule has 7 heteroatoms. The molecule has 24 heavy (non-hydrogen) atoms. The highest BCUT2D eigenvalue weighted by Crippen LogP contribution is 2.22. The topological polar surface area (TPSA) is 71.2 Å². The highest BCUT2D eigenvalue weighted by atomic mass is 32.2. The Kier molecular flexibility index (Phi) is 5.89. The zero-order valence-corrected chi connectivity index (χ0v) is 15.4. The first-order valence-electron chi connectivity index (χ1n) is 8.02. The Morgan fingerprint density at radius 3 is 2.88 bits per heavy atom. The molecule has 128 valence electrons. The number of nitrogens with two attached hydrogens (primary N) is 1. The van der Waals surface area contributed by atoms with Crippen LogP contribution in [0, 0.1) is 6.92 Å². The third-order valence-corrected chi connectivity index (χ3v) is 5.96. The van der Waals surface area contributed by atoms with Gasteiger partial charge in [-0.3, -0.25) is 9.69 Å². The van der Waals surface area contributed by atoms with E-state index in [4.69, 9.17) is 5.73 Å². The lowest BCUT2D eigenvalue weighted by molar-refractivity contribution is 0.102. The average molecular weight is 363 g/mol. The number of nitrogens with one attached hydrogen (secondary N) is 1. The van der Waals surface area contributed by atoms with Crippen LogP contribution in [0.3, 0.4) is 0 Å². The Morgan fingerprint density at radius 1 is 1.38 bits per heavy atom. The lowest BCUT2D eigenvalue weighted by atomic mass is 10.1. The van der Waals surface area contributed by atoms with Gasteiger partial charge in [0.1, 0.15) is 10.7 Å². The van der Waals surface area contributed by atoms with Crippen molar-refractivity contribution < 1.29 is 4.79 Å². The number of hydrogen-bond donors (Lipinski definition) is 2. The largest absolute Gasteiger partial charge is 0.325 e. The zero-order valence-electron chi connectivity index (χ0n) is 13.7. The first-order valence-corrected chi connectivity index (χ1v) is 10.0. The predicted molar refractivity (Wildman–Crippen MR) is 102 cm³/mol. The minimum absolute atomic E-state index is 0.180. The van der Waals surface area contributed by atoms with E-state index < -0.39 is 0 Å². The lowest BCUT2D eigenvalue weighted by Gasteiger charge is -2.27. The summed E-state index contributed by atoms with van der Waals surface area (Å²) >= 11 is 3.43. The van der Waals surface area contributed by atoms with Gasteiger partial charge in [0.25, 0.3) is 5.91 Å². The Morgan fingerprint density at radius 2 is 2.17 bits per heavy atom. The molecule has 1 aliphatic heterocycles. The van der Waals surface area contributed by atoms with Gasteiger partial charge < -0.3 is 11.1 Å². The first kappa shape index (κ1) is 17.4. The molecular weight excluding hydrogens is 340 g/mol. The fraction of sp³-hybridized carbons (Fsp3) is 0.412. The molecule has 2 aromatic rings. The number of rotatable bonds is 5. The van der Waals surface area contributed by atoms with Crippen LogP contribution in [-0.2, 0) is 13.1 Å². The molecule has 3 N–H and O–H groups in total. The molecule has 1 saturated heterocycles. The Bertz CT molecular complexity index is 710. The third kappa shape index (κ3) is 4.16. The summed E-state index contributed by atoms with van der Waals surface area (Å²) in [5.74, 6) is 2.21. The summed E-state index contributed by atoms with van der Waals surface area (Å²) in [5, 5.41) is 5.51. The molecule has 5 nitrogen and oxygen atoms in total. The molecule has 0 bridgehead atoms. The number of anilines is 1. The van der Waals surface area contributed by atoms with Gasteiger partial charge in [0, 0.05) is 48.8 Å². The number of amides is 1. The second-order valence-corrected chi connectivity index (χ2v) is 7.93. The van der Waals surface area contributed by atoms with Crippen molar-refractivity contribution in [3.63, 3.8) is 0 Å². The fourth-order valence-corrected chi connectivity index (χ4v) is 4.32. The average Bonchev–Trinajstić information content (AvgIpc) is 3.09. The van der Waals surface area contributed by atoms with Crippen LogP contribution >= 0.6 is 23.1 Å². The van der Waals surface area contributed by atoms with Crippen LogP contribution < -0.4 is 11.1 Å². The quantitative estimate of drug-likeness (QED) is 0.856. The lowest BCUT2D eigenvalue weighted by Crippen LogP contribution is -2.32. The number of thiazole rings is 1. The Balaban J connectivity index is 1.71. The van der Waals surface area contributed by atoms with Crippen molar-refractivity contribution in [3.8, 4) is 0 Å². The molecule has 0 atom stereocenters. The van der Waals surface area contributed by atoms with Gasteiger partial charge in [-0.2, -0.15) is 11.8 Å². The van der Waals surface area contributed by atoms with E-state index in [9.17, 15) is 4.79 Å². The van der Waals surface area contributed by atoms with E-state index in [-0.39, 0.29) is 5.91 Å². The molecule has 0 radical (unpaired) electrons. The number of carbonyl (C=O) groups is 1. The van der Waals surface area contributed by atoms with E-state index in [1.54, 1.807) is 5.38 Å². The fourth-order valence-electron chi connectivity index (χ4n) is 2.69. The molecule has 1 amide bonds. The molecule has 0 spiro atoms. The van der Waals surface area contributed by atoms with Crippen molar-refractivity contribution in [2.45, 2.75) is 20.0 Å². The SMILES string of the molecule is Cc1c(CN2CCSCC2)cccc1NC(=O)c1csc(CN)n1. The molecule has 0 saturated carbocycles. The van der Waals surface area contributed by atoms with E-state index >= 15 is 0 Å². The van der Waals surface area contributed by atoms with Crippen LogP contribution in [0.25, 0.3) is 0 Å². The zero-order chi connectivity index (χ0) is 16.9. The minimum Gasteiger partial charge on any atom is -0.325 e. The number of hydrogen-bond acceptors (Lipinski definition) is 6. The van der Waals surface area contributed by atoms with Gasteiger partial charge in [-0.1, -0.05) is 12.1 Å². The summed E-state index contributed by atoms with van der Waals surface area (Å²) in [6.45, 7) is 5.61. The maximum absolute atomic E-state index is 12.4. The summed E-state index contributed by atoms with van der Waals surface area (Å²) in [6.07, 6.45) is 0. The van der Waals surface area contributed by atoms with E-state index in [2.05, 4.69) is 28.2 Å². The molecule has 1 fully saturated rings. The molecule has 0 unspecified atom stereocenters. The van der Waals surface area contributed by atoms with E-state index in [1.165, 1.54) is 28.4 Å². The molecule has 1 aromatic carbocycles. The van der Waals surface area contributed by atoms with Crippen molar-refractivity contribution in [1.29, 1.82) is 0 Å². The molecule has 3 rings (SSSR count). The van der Waals surface area contributed by atoms with Gasteiger partial charge in [0.15, 0.2) is 0 Å². The van der Waals surface area contributed by atoms with Crippen LogP contribution in [0.4, 0.5) is 5.69 Å². The van der Waals surface area contributed by atoms with Crippen LogP contribution in [0.2, 0.25) is 0 Å². The smallest absolute Gasteiger partial charge is 0.275 e. The number of benzene rings is 1. The number of nitrogens with zero attached hydrogens (tertiary/aromatic N) is 2. The van der Waals surface area contributed by atoms with E-state index in [0.29, 0.717) is 12.2 Å². The summed E-state index contributed by atoms with van der Waals surface area (Å²) in [5.41, 5.74) is 9.23. The van der Waals surface area contributed by atoms with Gasteiger partial charge in [0.05, 0.1) is 0 Å². The van der Waals surface area contributed by atoms with Crippen LogP contribution in [0.15, 0.2) is 23.6 Å². The summed E-state index contributed by atoms with van der Waals surface area (Å²) in [4.78, 5) is 19.1. The van der Waals surface area contributed by atoms with Crippen LogP contribution in [0.1, 0.15) is 26.6 Å². The Labute approximate surface area is 150 Å². The standard InChI is InChI=1S/C17H22N4OS2/c1-12-13(10-21-5-7-23-8-6-21)3-2-4-14(12)20-17(22)15-11-24-16(9-18)19-15/h2-4,11H,5-10,18H2,1H3,(H,20,22). The van der Waals surface area contributed by atoms with Gasteiger partial charge >= 0.3 is 0 Å². The molecule has 1 aliphatic rings. The minimum atomic E-state index is -0.180. The van der Waals surface area contributed by atoms with Gasteiger partial charge in [-0.05, 0) is 24.1 Å². The van der Waals surface area contributed by atoms with E-state index in [1.807, 2.05) is 23.9 Å². The maximum Gasteiger partial charge on any atom is 0.275 e. The highest BCUT2D eigenvalue weighted by Gasteiger charge is 2.15. The van der Waals surface area contributed by atoms with Crippen molar-refractivity contribution in [3.05, 3.63) is 45.4 Å². The van der Waals surface area contributed by atoms with Gasteiger partial charge in [-0.25, -0.2) is 4.98 Å². The Hall–Kier alpha value is -1.41. The summed E-state index contributed by atoms with van der Waals surface area (Å²) < 4.78 is 0. The first-order chi connectivity index (χ1) is 11.7. The molecule has 0 aliphatic carbocycles. The molecule has 1 aromatic heterocycles. The van der Waals surface area contributed by atoms with Crippen molar-refractivity contribution in [2.75, 3.05) is 29.9 Å². The monoisotopic (exact) mass is 362 g/mol. The molecular formula is C17H22N4OS2. The number of carbonyl (C=O) groups excluding carboxylic acids is 1. The highest BCUT2D eigenvalue weighted by molar-refractivity contribution is 7.99. The van der Waals surface area contributed by atoms with Crippen molar-refractivity contribution in [2.24, 2.45) is 5.73 Å². The van der Waals surface area contributed by atoms with Crippen molar-refractivity contribution >= 4 is 34.7 Å². The predicted octanol–water partition coefficient (Wildman–Crippen LogP) is 2.71. The third-order valence-electron chi connectivity index (χ3n) is 4.15. The maximum atomic E-state index is 12.4. The molecule has 2 heterocycles. The van der Waals surface area contributed by atoms with Crippen LogP contribution in [0.5, 0.6) is 0 Å². The second kappa shape index (κ2) is 8.11. The van der Waals surface area contributed by atoms with Gasteiger partial charge in [0.2, 0.25) is 0 Å². The number of aromatic nitrogens is 1. The normalized spacial score (nSPS) is 15.4. The van der Waals surface area contributed by atoms with E-state index in [0.717, 1.165) is 35.9 Å². The van der Waals surface area contributed by atoms with Crippen LogP contribution in [-0.4, -0.2) is 40.4 Å². The number of thioether (sulfide) groups is 1. The van der Waals surface area contributed by atoms with Gasteiger partial charge in [-0.15, -0.1) is 11.3 Å². The summed E-state index contributed by atoms with van der Waals surface area (Å²) in [6, 6.07) is 6.09. The second-order valence-electron chi connectivity index (χ2n) is 5.76. The van der Waals surface area contributed by atoms with Crippen molar-refractivity contribution in [1.82, 2.24) is 9.88 Å². The summed E-state index contributed by atoms with van der Waals surface area (Å²) in [7, 11) is 0.